The Morgan fingerprint density at radius 2 is 2.14 bits per heavy atom. The second-order valence-electron chi connectivity index (χ2n) is 6.52. The average molecular weight is 411 g/mol. The summed E-state index contributed by atoms with van der Waals surface area (Å²) in [5.41, 5.74) is 2.11. The molecule has 4 rings (SSSR count). The summed E-state index contributed by atoms with van der Waals surface area (Å²) in [5.74, 6) is 0.451. The molecule has 0 aliphatic carbocycles. The van der Waals surface area contributed by atoms with Crippen LogP contribution in [-0.4, -0.2) is 40.4 Å². The molecule has 1 amide bonds. The summed E-state index contributed by atoms with van der Waals surface area (Å²) in [4.78, 5) is 25.1. The van der Waals surface area contributed by atoms with Gasteiger partial charge in [-0.15, -0.1) is 11.3 Å². The summed E-state index contributed by atoms with van der Waals surface area (Å²) in [7, 11) is 0. The highest BCUT2D eigenvalue weighted by Crippen LogP contribution is 2.22. The molecule has 1 aliphatic heterocycles. The number of carbonyl (C=O) groups excluding carboxylic acids is 1. The number of hydrogen-bond acceptors (Lipinski definition) is 8. The van der Waals surface area contributed by atoms with Crippen LogP contribution in [0.25, 0.3) is 10.7 Å². The van der Waals surface area contributed by atoms with Crippen molar-refractivity contribution in [3.8, 4) is 10.7 Å². The average Bonchev–Trinajstić information content (AvgIpc) is 3.29. The SMILES string of the molecule is O=C(Nc1cccc(Nc2nccc(-c3nccs3)n2)c1)OCC1CCCCO1. The van der Waals surface area contributed by atoms with E-state index in [1.165, 1.54) is 11.3 Å². The minimum absolute atomic E-state index is 0.00948. The molecule has 0 radical (unpaired) electrons. The van der Waals surface area contributed by atoms with Crippen molar-refractivity contribution in [1.29, 1.82) is 0 Å². The summed E-state index contributed by atoms with van der Waals surface area (Å²) in [6.45, 7) is 0.996. The van der Waals surface area contributed by atoms with Crippen molar-refractivity contribution in [3.63, 3.8) is 0 Å². The Bertz CT molecular complexity index is 945. The summed E-state index contributed by atoms with van der Waals surface area (Å²) in [5, 5.41) is 8.61. The Morgan fingerprint density at radius 1 is 1.21 bits per heavy atom. The van der Waals surface area contributed by atoms with E-state index < -0.39 is 6.09 Å². The molecule has 9 heteroatoms. The number of benzene rings is 1. The first kappa shape index (κ1) is 19.3. The third-order valence-electron chi connectivity index (χ3n) is 4.35. The summed E-state index contributed by atoms with van der Waals surface area (Å²) >= 11 is 1.52. The predicted molar refractivity (Wildman–Crippen MR) is 111 cm³/mol. The number of rotatable bonds is 6. The fourth-order valence-corrected chi connectivity index (χ4v) is 3.56. The van der Waals surface area contributed by atoms with Gasteiger partial charge in [-0.2, -0.15) is 0 Å². The zero-order chi connectivity index (χ0) is 19.9. The van der Waals surface area contributed by atoms with Gasteiger partial charge in [-0.25, -0.2) is 19.7 Å². The standard InChI is InChI=1S/C20H21N5O3S/c26-20(28-13-16-6-1-2-10-27-16)24-15-5-3-4-14(12-15)23-19-22-8-7-17(25-19)18-21-9-11-29-18/h3-5,7-9,11-12,16H,1-2,6,10,13H2,(H,24,26)(H,22,23,25). The third-order valence-corrected chi connectivity index (χ3v) is 5.14. The predicted octanol–water partition coefficient (Wildman–Crippen LogP) is 4.46. The maximum Gasteiger partial charge on any atom is 0.411 e. The van der Waals surface area contributed by atoms with Crippen LogP contribution in [-0.2, 0) is 9.47 Å². The van der Waals surface area contributed by atoms with E-state index in [0.717, 1.165) is 42.3 Å². The Balaban J connectivity index is 1.35. The Kier molecular flexibility index (Phi) is 6.28. The van der Waals surface area contributed by atoms with E-state index in [4.69, 9.17) is 9.47 Å². The van der Waals surface area contributed by atoms with Gasteiger partial charge < -0.3 is 14.8 Å². The van der Waals surface area contributed by atoms with Crippen molar-refractivity contribution in [2.24, 2.45) is 0 Å². The second kappa shape index (κ2) is 9.44. The number of thiazole rings is 1. The van der Waals surface area contributed by atoms with Crippen molar-refractivity contribution >= 4 is 34.8 Å². The first-order chi connectivity index (χ1) is 14.3. The van der Waals surface area contributed by atoms with Gasteiger partial charge in [0.2, 0.25) is 5.95 Å². The molecule has 1 unspecified atom stereocenters. The molecule has 1 aliphatic rings. The van der Waals surface area contributed by atoms with E-state index in [0.29, 0.717) is 11.6 Å². The normalized spacial score (nSPS) is 16.2. The van der Waals surface area contributed by atoms with Gasteiger partial charge in [-0.1, -0.05) is 6.07 Å². The number of nitrogens with zero attached hydrogens (tertiary/aromatic N) is 3. The van der Waals surface area contributed by atoms with Gasteiger partial charge in [0.05, 0.1) is 6.10 Å². The van der Waals surface area contributed by atoms with Crippen molar-refractivity contribution in [2.75, 3.05) is 23.8 Å². The molecule has 1 fully saturated rings. The maximum absolute atomic E-state index is 12.1. The van der Waals surface area contributed by atoms with Crippen LogP contribution in [0.3, 0.4) is 0 Å². The van der Waals surface area contributed by atoms with Gasteiger partial charge in [-0.3, -0.25) is 5.32 Å². The van der Waals surface area contributed by atoms with Crippen LogP contribution in [0.2, 0.25) is 0 Å². The molecule has 1 atom stereocenters. The van der Waals surface area contributed by atoms with Gasteiger partial charge in [-0.05, 0) is 43.5 Å². The Hall–Kier alpha value is -3.04. The van der Waals surface area contributed by atoms with Gasteiger partial charge in [0, 0.05) is 35.8 Å². The van der Waals surface area contributed by atoms with E-state index in [1.807, 2.05) is 23.6 Å². The fourth-order valence-electron chi connectivity index (χ4n) is 2.95. The van der Waals surface area contributed by atoms with E-state index in [1.54, 1.807) is 24.5 Å². The molecule has 3 heterocycles. The number of anilines is 3. The van der Waals surface area contributed by atoms with Crippen LogP contribution >= 0.6 is 11.3 Å². The first-order valence-corrected chi connectivity index (χ1v) is 10.3. The molecule has 29 heavy (non-hydrogen) atoms. The van der Waals surface area contributed by atoms with Crippen LogP contribution in [0.1, 0.15) is 19.3 Å². The van der Waals surface area contributed by atoms with Crippen LogP contribution in [0.4, 0.5) is 22.1 Å². The molecule has 1 aromatic carbocycles. The first-order valence-electron chi connectivity index (χ1n) is 9.42. The lowest BCUT2D eigenvalue weighted by Crippen LogP contribution is -2.27. The summed E-state index contributed by atoms with van der Waals surface area (Å²) < 4.78 is 10.8. The molecule has 0 saturated carbocycles. The molecule has 1 saturated heterocycles. The number of carbonyl (C=O) groups is 1. The lowest BCUT2D eigenvalue weighted by Gasteiger charge is -2.22. The smallest absolute Gasteiger partial charge is 0.411 e. The second-order valence-corrected chi connectivity index (χ2v) is 7.42. The maximum atomic E-state index is 12.1. The number of nitrogens with one attached hydrogen (secondary N) is 2. The highest BCUT2D eigenvalue weighted by molar-refractivity contribution is 7.13. The van der Waals surface area contributed by atoms with E-state index in [2.05, 4.69) is 25.6 Å². The molecule has 8 nitrogen and oxygen atoms in total. The Labute approximate surface area is 172 Å². The quantitative estimate of drug-likeness (QED) is 0.618. The number of amides is 1. The topological polar surface area (TPSA) is 98.3 Å². The Morgan fingerprint density at radius 3 is 2.97 bits per heavy atom. The number of ether oxygens (including phenoxy) is 2. The van der Waals surface area contributed by atoms with E-state index >= 15 is 0 Å². The number of hydrogen-bond donors (Lipinski definition) is 2. The molecule has 2 aromatic heterocycles. The summed E-state index contributed by atoms with van der Waals surface area (Å²) in [6, 6.07) is 9.08. The minimum Gasteiger partial charge on any atom is -0.447 e. The highest BCUT2D eigenvalue weighted by atomic mass is 32.1. The third kappa shape index (κ3) is 5.49. The summed E-state index contributed by atoms with van der Waals surface area (Å²) in [6.07, 6.45) is 6.01. The van der Waals surface area contributed by atoms with Crippen molar-refractivity contribution in [2.45, 2.75) is 25.4 Å². The van der Waals surface area contributed by atoms with E-state index in [9.17, 15) is 4.79 Å². The molecule has 2 N–H and O–H groups in total. The van der Waals surface area contributed by atoms with Crippen molar-refractivity contribution < 1.29 is 14.3 Å². The van der Waals surface area contributed by atoms with Crippen molar-refractivity contribution in [3.05, 3.63) is 48.1 Å². The molecule has 150 valence electrons. The molecule has 0 bridgehead atoms. The zero-order valence-electron chi connectivity index (χ0n) is 15.7. The van der Waals surface area contributed by atoms with Crippen LogP contribution in [0.5, 0.6) is 0 Å². The fraction of sp³-hybridized carbons (Fsp3) is 0.300. The number of aromatic nitrogens is 3. The molecular formula is C20H21N5O3S. The van der Waals surface area contributed by atoms with Gasteiger partial charge >= 0.3 is 6.09 Å². The van der Waals surface area contributed by atoms with Crippen LogP contribution in [0, 0.1) is 0 Å². The van der Waals surface area contributed by atoms with Gasteiger partial charge in [0.1, 0.15) is 17.3 Å². The lowest BCUT2D eigenvalue weighted by molar-refractivity contribution is -0.0203. The molecule has 0 spiro atoms. The lowest BCUT2D eigenvalue weighted by atomic mass is 10.1. The highest BCUT2D eigenvalue weighted by Gasteiger charge is 2.16. The van der Waals surface area contributed by atoms with Crippen molar-refractivity contribution in [1.82, 2.24) is 15.0 Å². The monoisotopic (exact) mass is 411 g/mol. The largest absolute Gasteiger partial charge is 0.447 e. The van der Waals surface area contributed by atoms with Crippen LogP contribution in [0.15, 0.2) is 48.1 Å². The minimum atomic E-state index is -0.502. The molecular weight excluding hydrogens is 390 g/mol. The molecule has 3 aromatic rings. The van der Waals surface area contributed by atoms with E-state index in [-0.39, 0.29) is 12.7 Å². The van der Waals surface area contributed by atoms with Gasteiger partial charge in [0.25, 0.3) is 0 Å². The zero-order valence-corrected chi connectivity index (χ0v) is 16.5. The van der Waals surface area contributed by atoms with Gasteiger partial charge in [0.15, 0.2) is 0 Å². The van der Waals surface area contributed by atoms with Crippen LogP contribution < -0.4 is 10.6 Å².